The van der Waals surface area contributed by atoms with Gasteiger partial charge in [-0.2, -0.15) is 13.2 Å². The summed E-state index contributed by atoms with van der Waals surface area (Å²) in [6.07, 6.45) is -4.24. The molecule has 3 aromatic carbocycles. The van der Waals surface area contributed by atoms with Gasteiger partial charge in [-0.25, -0.2) is 4.79 Å². The van der Waals surface area contributed by atoms with E-state index in [9.17, 15) is 32.3 Å². The van der Waals surface area contributed by atoms with Crippen molar-refractivity contribution in [2.24, 2.45) is 11.5 Å². The van der Waals surface area contributed by atoms with Gasteiger partial charge in [0.05, 0.1) is 0 Å². The number of amides is 3. The van der Waals surface area contributed by atoms with Crippen molar-refractivity contribution in [3.05, 3.63) is 95.1 Å². The molecule has 3 aromatic rings. The molecular weight excluding hydrogens is 573 g/mol. The number of halogens is 3. The van der Waals surface area contributed by atoms with Crippen LogP contribution in [0.15, 0.2) is 72.8 Å². The second-order valence-electron chi connectivity index (χ2n) is 8.96. The van der Waals surface area contributed by atoms with E-state index >= 15 is 0 Å². The Morgan fingerprint density at radius 2 is 1.53 bits per heavy atom. The van der Waals surface area contributed by atoms with Crippen LogP contribution in [0.25, 0.3) is 0 Å². The third kappa shape index (κ3) is 9.97. The molecule has 4 rings (SSSR count). The molecule has 228 valence electrons. The van der Waals surface area contributed by atoms with Gasteiger partial charge in [0.25, 0.3) is 5.91 Å². The van der Waals surface area contributed by atoms with Gasteiger partial charge in [-0.05, 0) is 53.9 Å². The molecule has 11 nitrogen and oxygen atoms in total. The lowest BCUT2D eigenvalue weighted by molar-refractivity contribution is -0.192. The summed E-state index contributed by atoms with van der Waals surface area (Å²) in [6.45, 7) is 2.14. The van der Waals surface area contributed by atoms with Gasteiger partial charge in [0.2, 0.25) is 11.8 Å². The average Bonchev–Trinajstić information content (AvgIpc) is 3.40. The number of hydrogen-bond donors (Lipinski definition) is 4. The number of nitrogens with two attached hydrogens (primary N) is 2. The summed E-state index contributed by atoms with van der Waals surface area (Å²) in [5.41, 5.74) is 14.9. The molecular formula is C29H29F3N4O7. The van der Waals surface area contributed by atoms with Crippen molar-refractivity contribution in [3.8, 4) is 0 Å². The molecule has 0 atom stereocenters. The van der Waals surface area contributed by atoms with Gasteiger partial charge in [-0.15, -0.1) is 0 Å². The van der Waals surface area contributed by atoms with Crippen LogP contribution in [0.1, 0.15) is 38.8 Å². The van der Waals surface area contributed by atoms with Crippen molar-refractivity contribution in [2.75, 3.05) is 22.9 Å². The predicted octanol–water partition coefficient (Wildman–Crippen LogP) is 3.20. The van der Waals surface area contributed by atoms with Crippen LogP contribution in [0, 0.1) is 0 Å². The second-order valence-corrected chi connectivity index (χ2v) is 8.96. The van der Waals surface area contributed by atoms with Gasteiger partial charge in [0.15, 0.2) is 0 Å². The van der Waals surface area contributed by atoms with E-state index in [4.69, 9.17) is 26.5 Å². The van der Waals surface area contributed by atoms with Crippen molar-refractivity contribution < 1.29 is 47.4 Å². The van der Waals surface area contributed by atoms with Crippen LogP contribution in [0.5, 0.6) is 0 Å². The highest BCUT2D eigenvalue weighted by molar-refractivity contribution is 6.08. The first kappa shape index (κ1) is 34.0. The van der Waals surface area contributed by atoms with Crippen LogP contribution in [-0.4, -0.2) is 59.1 Å². The number of carbonyl (C=O) groups is 5. The number of alkyl halides is 3. The van der Waals surface area contributed by atoms with Gasteiger partial charge in [-0.3, -0.25) is 24.1 Å². The molecule has 3 amide bonds. The summed E-state index contributed by atoms with van der Waals surface area (Å²) in [5.74, 6) is -4.66. The van der Waals surface area contributed by atoms with Gasteiger partial charge in [0, 0.05) is 42.5 Å². The molecule has 0 saturated heterocycles. The maximum absolute atomic E-state index is 12.6. The van der Waals surface area contributed by atoms with Crippen LogP contribution in [0.3, 0.4) is 0 Å². The fraction of sp³-hybridized carbons (Fsp3) is 0.207. The minimum atomic E-state index is -5.08. The Hall–Kier alpha value is -5.24. The Bertz CT molecular complexity index is 1480. The molecule has 0 saturated carbocycles. The Balaban J connectivity index is 0.000000255. The first-order valence-corrected chi connectivity index (χ1v) is 12.5. The highest BCUT2D eigenvalue weighted by atomic mass is 19.4. The number of carboxylic acid groups (broad SMARTS) is 2. The van der Waals surface area contributed by atoms with Crippen molar-refractivity contribution in [3.63, 3.8) is 0 Å². The zero-order valence-corrected chi connectivity index (χ0v) is 22.9. The molecule has 43 heavy (non-hydrogen) atoms. The summed E-state index contributed by atoms with van der Waals surface area (Å²) in [4.78, 5) is 57.7. The van der Waals surface area contributed by atoms with Crippen LogP contribution in [-0.2, 0) is 27.3 Å². The number of carboxylic acids is 2. The number of nitrogens with zero attached hydrogens (tertiary/aromatic N) is 2. The molecule has 0 radical (unpaired) electrons. The SMILES string of the molecule is CC(=O)N1CCc2ccc(C(N)=O)cc21.NCc1cccc(C(=O)N(CC(=O)O)c2ccccc2)c1.O=C(O)C(F)(F)F. The minimum Gasteiger partial charge on any atom is -0.480 e. The summed E-state index contributed by atoms with van der Waals surface area (Å²) >= 11 is 0. The fourth-order valence-corrected chi connectivity index (χ4v) is 3.87. The summed E-state index contributed by atoms with van der Waals surface area (Å²) in [6, 6.07) is 20.9. The maximum atomic E-state index is 12.6. The van der Waals surface area contributed by atoms with E-state index in [0.29, 0.717) is 29.9 Å². The molecule has 0 spiro atoms. The standard InChI is InChI=1S/C16H16N2O3.C11H12N2O2.C2HF3O2/c17-10-12-5-4-6-13(9-12)16(21)18(11-15(19)20)14-7-2-1-3-8-14;1-7(14)13-5-4-8-2-3-9(11(12)15)6-10(8)13;3-2(4,5)1(6)7/h1-9H,10-11,17H2,(H,19,20);2-3,6H,4-5H2,1H3,(H2,12,15);(H,6,7). The number of anilines is 2. The number of benzene rings is 3. The Kier molecular flexibility index (Phi) is 11.9. The van der Waals surface area contributed by atoms with Gasteiger partial charge in [-0.1, -0.05) is 36.4 Å². The first-order valence-electron chi connectivity index (χ1n) is 12.5. The predicted molar refractivity (Wildman–Crippen MR) is 150 cm³/mol. The molecule has 0 bridgehead atoms. The van der Waals surface area contributed by atoms with E-state index in [0.717, 1.165) is 23.2 Å². The third-order valence-corrected chi connectivity index (χ3v) is 5.90. The zero-order chi connectivity index (χ0) is 32.3. The van der Waals surface area contributed by atoms with Crippen LogP contribution >= 0.6 is 0 Å². The molecule has 0 unspecified atom stereocenters. The number of fused-ring (bicyclic) bond motifs is 1. The van der Waals surface area contributed by atoms with E-state index < -0.39 is 30.6 Å². The number of carbonyl (C=O) groups excluding carboxylic acids is 3. The molecule has 1 aliphatic rings. The number of primary amides is 1. The molecule has 14 heteroatoms. The molecule has 0 fully saturated rings. The van der Waals surface area contributed by atoms with Crippen LogP contribution in [0.2, 0.25) is 0 Å². The molecule has 0 aliphatic carbocycles. The average molecular weight is 603 g/mol. The van der Waals surface area contributed by atoms with Crippen molar-refractivity contribution in [1.82, 2.24) is 0 Å². The van der Waals surface area contributed by atoms with Crippen molar-refractivity contribution in [1.29, 1.82) is 0 Å². The van der Waals surface area contributed by atoms with Crippen LogP contribution in [0.4, 0.5) is 24.5 Å². The van der Waals surface area contributed by atoms with E-state index in [2.05, 4.69) is 0 Å². The molecule has 0 aromatic heterocycles. The van der Waals surface area contributed by atoms with Gasteiger partial charge in [0.1, 0.15) is 6.54 Å². The van der Waals surface area contributed by atoms with E-state index in [-0.39, 0.29) is 11.8 Å². The maximum Gasteiger partial charge on any atom is 0.490 e. The van der Waals surface area contributed by atoms with Crippen molar-refractivity contribution in [2.45, 2.75) is 26.1 Å². The third-order valence-electron chi connectivity index (χ3n) is 5.90. The normalized spacial score (nSPS) is 11.6. The topological polar surface area (TPSA) is 184 Å². The summed E-state index contributed by atoms with van der Waals surface area (Å²) < 4.78 is 31.7. The number of aliphatic carboxylic acids is 2. The summed E-state index contributed by atoms with van der Waals surface area (Å²) in [5, 5.41) is 16.2. The Morgan fingerprint density at radius 1 is 0.907 bits per heavy atom. The number of rotatable bonds is 6. The Morgan fingerprint density at radius 3 is 2.05 bits per heavy atom. The zero-order valence-electron chi connectivity index (χ0n) is 22.9. The van der Waals surface area contributed by atoms with E-state index in [1.165, 1.54) is 11.8 Å². The van der Waals surface area contributed by atoms with Crippen LogP contribution < -0.4 is 21.3 Å². The monoisotopic (exact) mass is 602 g/mol. The van der Waals surface area contributed by atoms with Crippen molar-refractivity contribution >= 4 is 41.0 Å². The molecule has 1 heterocycles. The lowest BCUT2D eigenvalue weighted by Gasteiger charge is -2.21. The second kappa shape index (κ2) is 15.1. The van der Waals surface area contributed by atoms with Gasteiger partial charge >= 0.3 is 18.1 Å². The number of hydrogen-bond acceptors (Lipinski definition) is 6. The largest absolute Gasteiger partial charge is 0.490 e. The lowest BCUT2D eigenvalue weighted by Crippen LogP contribution is -2.35. The number of para-hydroxylation sites is 1. The van der Waals surface area contributed by atoms with E-state index in [1.54, 1.807) is 59.5 Å². The smallest absolute Gasteiger partial charge is 0.480 e. The van der Waals surface area contributed by atoms with E-state index in [1.807, 2.05) is 18.2 Å². The Labute approximate surface area is 244 Å². The minimum absolute atomic E-state index is 0.00429. The highest BCUT2D eigenvalue weighted by Gasteiger charge is 2.38. The first-order chi connectivity index (χ1) is 20.1. The summed E-state index contributed by atoms with van der Waals surface area (Å²) in [7, 11) is 0. The lowest BCUT2D eigenvalue weighted by atomic mass is 10.1. The quantitative estimate of drug-likeness (QED) is 0.331. The highest BCUT2D eigenvalue weighted by Crippen LogP contribution is 2.29. The molecule has 6 N–H and O–H groups in total. The molecule has 1 aliphatic heterocycles. The fourth-order valence-electron chi connectivity index (χ4n) is 3.87. The van der Waals surface area contributed by atoms with Gasteiger partial charge < -0.3 is 26.6 Å².